The molecule has 0 fully saturated rings. The summed E-state index contributed by atoms with van der Waals surface area (Å²) in [7, 11) is 0. The highest BCUT2D eigenvalue weighted by molar-refractivity contribution is 9.10. The third kappa shape index (κ3) is 2.21. The van der Waals surface area contributed by atoms with Crippen LogP contribution in [0, 0.1) is 0 Å². The van der Waals surface area contributed by atoms with Crippen LogP contribution >= 0.6 is 15.9 Å². The predicted molar refractivity (Wildman–Crippen MR) is 55.9 cm³/mol. The fourth-order valence-corrected chi connectivity index (χ4v) is 1.25. The lowest BCUT2D eigenvalue weighted by Gasteiger charge is -1.93. The van der Waals surface area contributed by atoms with Gasteiger partial charge in [0.25, 0.3) is 5.89 Å². The monoisotopic (exact) mass is 269 g/mol. The van der Waals surface area contributed by atoms with Crippen molar-refractivity contribution >= 4 is 15.9 Å². The van der Waals surface area contributed by atoms with Crippen LogP contribution in [0.25, 0.3) is 11.5 Å². The fourth-order valence-electron chi connectivity index (χ4n) is 1.02. The van der Waals surface area contributed by atoms with E-state index in [1.165, 1.54) is 0 Å². The summed E-state index contributed by atoms with van der Waals surface area (Å²) in [5.41, 5.74) is 0.605. The zero-order valence-corrected chi connectivity index (χ0v) is 9.47. The van der Waals surface area contributed by atoms with Crippen LogP contribution in [-0.4, -0.2) is 20.2 Å². The first-order chi connectivity index (χ1) is 7.16. The van der Waals surface area contributed by atoms with Gasteiger partial charge in [0.2, 0.25) is 5.82 Å². The molecule has 5 nitrogen and oxygen atoms in total. The summed E-state index contributed by atoms with van der Waals surface area (Å²) < 4.78 is 5.73. The van der Waals surface area contributed by atoms with Crippen LogP contribution in [0.15, 0.2) is 27.3 Å². The second-order valence-electron chi connectivity index (χ2n) is 2.99. The molecular weight excluding hydrogens is 262 g/mol. The molecule has 78 valence electrons. The van der Waals surface area contributed by atoms with E-state index < -0.39 is 6.10 Å². The van der Waals surface area contributed by atoms with Crippen molar-refractivity contribution in [3.05, 3.63) is 28.7 Å². The van der Waals surface area contributed by atoms with Crippen molar-refractivity contribution in [2.45, 2.75) is 13.0 Å². The maximum absolute atomic E-state index is 9.20. The molecule has 0 amide bonds. The van der Waals surface area contributed by atoms with Crippen molar-refractivity contribution in [1.29, 1.82) is 0 Å². The van der Waals surface area contributed by atoms with Gasteiger partial charge in [0.05, 0.1) is 0 Å². The molecule has 0 aliphatic heterocycles. The van der Waals surface area contributed by atoms with Gasteiger partial charge in [-0.3, -0.25) is 4.98 Å². The molecular formula is C9H8BrN3O2. The summed E-state index contributed by atoms with van der Waals surface area (Å²) in [5, 5.41) is 12.9. The van der Waals surface area contributed by atoms with E-state index in [-0.39, 0.29) is 5.89 Å². The number of hydrogen-bond donors (Lipinski definition) is 1. The van der Waals surface area contributed by atoms with E-state index >= 15 is 0 Å². The molecule has 15 heavy (non-hydrogen) atoms. The zero-order chi connectivity index (χ0) is 10.8. The summed E-state index contributed by atoms with van der Waals surface area (Å²) in [6.45, 7) is 1.56. The van der Waals surface area contributed by atoms with Gasteiger partial charge in [-0.05, 0) is 35.0 Å². The number of aliphatic hydroxyl groups is 1. The van der Waals surface area contributed by atoms with Crippen LogP contribution in [0.4, 0.5) is 0 Å². The van der Waals surface area contributed by atoms with Gasteiger partial charge in [0.15, 0.2) is 0 Å². The van der Waals surface area contributed by atoms with Crippen molar-refractivity contribution in [3.8, 4) is 11.5 Å². The number of halogens is 1. The average Bonchev–Trinajstić information content (AvgIpc) is 2.68. The third-order valence-corrected chi connectivity index (χ3v) is 2.22. The topological polar surface area (TPSA) is 72.0 Å². The van der Waals surface area contributed by atoms with Crippen LogP contribution in [0.3, 0.4) is 0 Å². The van der Waals surface area contributed by atoms with Crippen molar-refractivity contribution in [2.24, 2.45) is 0 Å². The van der Waals surface area contributed by atoms with Gasteiger partial charge >= 0.3 is 0 Å². The molecule has 0 bridgehead atoms. The summed E-state index contributed by atoms with van der Waals surface area (Å²) in [5.74, 6) is 0.563. The van der Waals surface area contributed by atoms with Crippen LogP contribution in [0.1, 0.15) is 18.9 Å². The maximum Gasteiger partial charge on any atom is 0.255 e. The zero-order valence-electron chi connectivity index (χ0n) is 7.88. The Balaban J connectivity index is 2.33. The van der Waals surface area contributed by atoms with Crippen molar-refractivity contribution in [3.63, 3.8) is 0 Å². The molecule has 1 atom stereocenters. The number of nitrogens with zero attached hydrogens (tertiary/aromatic N) is 3. The second-order valence-corrected chi connectivity index (χ2v) is 3.91. The first-order valence-corrected chi connectivity index (χ1v) is 5.09. The number of aliphatic hydroxyl groups excluding tert-OH is 1. The SMILES string of the molecule is CC(O)c1nc(-c2ccc(Br)cn2)no1. The van der Waals surface area contributed by atoms with Crippen LogP contribution in [-0.2, 0) is 0 Å². The summed E-state index contributed by atoms with van der Waals surface area (Å²) in [6, 6.07) is 3.60. The Bertz CT molecular complexity index is 453. The van der Waals surface area contributed by atoms with E-state index in [4.69, 9.17) is 4.52 Å². The maximum atomic E-state index is 9.20. The van der Waals surface area contributed by atoms with Crippen molar-refractivity contribution < 1.29 is 9.63 Å². The van der Waals surface area contributed by atoms with E-state index in [1.54, 1.807) is 19.2 Å². The van der Waals surface area contributed by atoms with Gasteiger partial charge < -0.3 is 9.63 Å². The Hall–Kier alpha value is -1.27. The smallest absolute Gasteiger partial charge is 0.255 e. The lowest BCUT2D eigenvalue weighted by Crippen LogP contribution is -1.91. The molecule has 0 saturated carbocycles. The van der Waals surface area contributed by atoms with Gasteiger partial charge in [-0.25, -0.2) is 0 Å². The van der Waals surface area contributed by atoms with E-state index in [0.29, 0.717) is 11.5 Å². The van der Waals surface area contributed by atoms with Crippen LogP contribution in [0.5, 0.6) is 0 Å². The minimum absolute atomic E-state index is 0.190. The molecule has 2 rings (SSSR count). The van der Waals surface area contributed by atoms with Crippen LogP contribution in [0.2, 0.25) is 0 Å². The van der Waals surface area contributed by atoms with E-state index in [0.717, 1.165) is 4.47 Å². The highest BCUT2D eigenvalue weighted by Gasteiger charge is 2.12. The second kappa shape index (κ2) is 4.08. The van der Waals surface area contributed by atoms with Crippen molar-refractivity contribution in [1.82, 2.24) is 15.1 Å². The third-order valence-electron chi connectivity index (χ3n) is 1.76. The van der Waals surface area contributed by atoms with Gasteiger partial charge in [-0.15, -0.1) is 0 Å². The number of rotatable bonds is 2. The van der Waals surface area contributed by atoms with Gasteiger partial charge in [0.1, 0.15) is 11.8 Å². The molecule has 6 heteroatoms. The minimum atomic E-state index is -0.762. The Labute approximate surface area is 94.3 Å². The van der Waals surface area contributed by atoms with Gasteiger partial charge in [-0.2, -0.15) is 4.98 Å². The highest BCUT2D eigenvalue weighted by Crippen LogP contribution is 2.17. The molecule has 2 aromatic rings. The minimum Gasteiger partial charge on any atom is -0.384 e. The van der Waals surface area contributed by atoms with E-state index in [1.807, 2.05) is 6.07 Å². The molecule has 0 saturated heterocycles. The number of pyridine rings is 1. The largest absolute Gasteiger partial charge is 0.384 e. The quantitative estimate of drug-likeness (QED) is 0.902. The summed E-state index contributed by atoms with van der Waals surface area (Å²) in [4.78, 5) is 8.11. The normalized spacial score (nSPS) is 12.7. The number of aromatic nitrogens is 3. The Morgan fingerprint density at radius 1 is 1.47 bits per heavy atom. The lowest BCUT2D eigenvalue weighted by atomic mass is 10.3. The summed E-state index contributed by atoms with van der Waals surface area (Å²) in [6.07, 6.45) is 0.884. The number of hydrogen-bond acceptors (Lipinski definition) is 5. The van der Waals surface area contributed by atoms with Gasteiger partial charge in [-0.1, -0.05) is 5.16 Å². The Morgan fingerprint density at radius 2 is 2.27 bits per heavy atom. The van der Waals surface area contributed by atoms with Crippen LogP contribution < -0.4 is 0 Å². The first kappa shape index (κ1) is 10.3. The molecule has 0 aromatic carbocycles. The predicted octanol–water partition coefficient (Wildman–Crippen LogP) is 1.95. The lowest BCUT2D eigenvalue weighted by molar-refractivity contribution is 0.152. The molecule has 2 heterocycles. The highest BCUT2D eigenvalue weighted by atomic mass is 79.9. The molecule has 0 aliphatic carbocycles. The average molecular weight is 270 g/mol. The Morgan fingerprint density at radius 3 is 2.80 bits per heavy atom. The molecule has 2 aromatic heterocycles. The fraction of sp³-hybridized carbons (Fsp3) is 0.222. The summed E-state index contributed by atoms with van der Waals surface area (Å²) >= 11 is 3.28. The molecule has 0 aliphatic rings. The van der Waals surface area contributed by atoms with E-state index in [9.17, 15) is 5.11 Å². The molecule has 0 radical (unpaired) electrons. The first-order valence-electron chi connectivity index (χ1n) is 4.30. The van der Waals surface area contributed by atoms with Crippen molar-refractivity contribution in [2.75, 3.05) is 0 Å². The standard InChI is InChI=1S/C9H8BrN3O2/c1-5(14)9-12-8(13-15-9)7-3-2-6(10)4-11-7/h2-5,14H,1H3. The molecule has 1 unspecified atom stereocenters. The van der Waals surface area contributed by atoms with Gasteiger partial charge in [0, 0.05) is 10.7 Å². The molecule has 0 spiro atoms. The van der Waals surface area contributed by atoms with E-state index in [2.05, 4.69) is 31.1 Å². The Kier molecular flexibility index (Phi) is 2.79. The molecule has 1 N–H and O–H groups in total.